The molecule has 0 radical (unpaired) electrons. The molecule has 0 aliphatic carbocycles. The summed E-state index contributed by atoms with van der Waals surface area (Å²) in [6, 6.07) is 3.91. The van der Waals surface area contributed by atoms with Gasteiger partial charge in [0.05, 0.1) is 0 Å². The summed E-state index contributed by atoms with van der Waals surface area (Å²) in [5.41, 5.74) is 7.92. The summed E-state index contributed by atoms with van der Waals surface area (Å²) in [7, 11) is 0. The molecule has 3 heterocycles. The first kappa shape index (κ1) is 14.6. The second-order valence-corrected chi connectivity index (χ2v) is 5.92. The predicted molar refractivity (Wildman–Crippen MR) is 89.3 cm³/mol. The Morgan fingerprint density at radius 3 is 2.68 bits per heavy atom. The van der Waals surface area contributed by atoms with E-state index in [9.17, 15) is 0 Å². The SMILES string of the molecule is Cc1cccnc1Nc1ncnc(N2CCC(C)CC2)c1N. The van der Waals surface area contributed by atoms with Crippen LogP contribution in [0.4, 0.5) is 23.1 Å². The molecular weight excluding hydrogens is 276 g/mol. The number of anilines is 4. The minimum Gasteiger partial charge on any atom is -0.393 e. The molecule has 6 nitrogen and oxygen atoms in total. The molecule has 116 valence electrons. The lowest BCUT2D eigenvalue weighted by molar-refractivity contribution is 0.437. The monoisotopic (exact) mass is 298 g/mol. The van der Waals surface area contributed by atoms with E-state index in [0.29, 0.717) is 11.5 Å². The summed E-state index contributed by atoms with van der Waals surface area (Å²) in [5.74, 6) is 2.97. The number of aromatic nitrogens is 3. The van der Waals surface area contributed by atoms with Gasteiger partial charge in [0, 0.05) is 19.3 Å². The molecule has 1 saturated heterocycles. The van der Waals surface area contributed by atoms with Crippen LogP contribution in [0, 0.1) is 12.8 Å². The first-order valence-electron chi connectivity index (χ1n) is 7.69. The second-order valence-electron chi connectivity index (χ2n) is 5.92. The van der Waals surface area contributed by atoms with Crippen molar-refractivity contribution < 1.29 is 0 Å². The van der Waals surface area contributed by atoms with E-state index >= 15 is 0 Å². The molecule has 22 heavy (non-hydrogen) atoms. The zero-order valence-corrected chi connectivity index (χ0v) is 13.1. The Hall–Kier alpha value is -2.37. The van der Waals surface area contributed by atoms with Gasteiger partial charge in [-0.1, -0.05) is 13.0 Å². The number of aryl methyl sites for hydroxylation is 1. The molecule has 1 fully saturated rings. The van der Waals surface area contributed by atoms with Crippen LogP contribution in [0.15, 0.2) is 24.7 Å². The molecule has 2 aromatic rings. The number of hydrogen-bond acceptors (Lipinski definition) is 6. The van der Waals surface area contributed by atoms with Crippen LogP contribution < -0.4 is 16.0 Å². The summed E-state index contributed by atoms with van der Waals surface area (Å²) in [4.78, 5) is 15.2. The van der Waals surface area contributed by atoms with Gasteiger partial charge in [0.2, 0.25) is 0 Å². The summed E-state index contributed by atoms with van der Waals surface area (Å²) in [5, 5.41) is 3.21. The van der Waals surface area contributed by atoms with Gasteiger partial charge in [-0.15, -0.1) is 0 Å². The number of nitrogens with two attached hydrogens (primary N) is 1. The summed E-state index contributed by atoms with van der Waals surface area (Å²) in [6.45, 7) is 6.27. The van der Waals surface area contributed by atoms with Crippen molar-refractivity contribution in [3.8, 4) is 0 Å². The quantitative estimate of drug-likeness (QED) is 0.907. The molecule has 0 saturated carbocycles. The molecule has 0 unspecified atom stereocenters. The summed E-state index contributed by atoms with van der Waals surface area (Å²) in [6.07, 6.45) is 5.65. The number of nitrogens with zero attached hydrogens (tertiary/aromatic N) is 4. The predicted octanol–water partition coefficient (Wildman–Crippen LogP) is 2.74. The molecule has 1 aliphatic rings. The molecule has 0 bridgehead atoms. The summed E-state index contributed by atoms with van der Waals surface area (Å²) < 4.78 is 0. The van der Waals surface area contributed by atoms with Gasteiger partial charge in [0.1, 0.15) is 17.8 Å². The van der Waals surface area contributed by atoms with E-state index < -0.39 is 0 Å². The van der Waals surface area contributed by atoms with Crippen molar-refractivity contribution in [1.29, 1.82) is 0 Å². The average molecular weight is 298 g/mol. The third-order valence-corrected chi connectivity index (χ3v) is 4.19. The fraction of sp³-hybridized carbons (Fsp3) is 0.438. The third kappa shape index (κ3) is 2.95. The number of nitrogens with one attached hydrogen (secondary N) is 1. The number of rotatable bonds is 3. The van der Waals surface area contributed by atoms with Crippen LogP contribution >= 0.6 is 0 Å². The molecule has 0 spiro atoms. The Kier molecular flexibility index (Phi) is 4.09. The highest BCUT2D eigenvalue weighted by molar-refractivity contribution is 5.78. The summed E-state index contributed by atoms with van der Waals surface area (Å²) >= 11 is 0. The normalized spacial score (nSPS) is 15.8. The number of pyridine rings is 1. The molecule has 0 atom stereocenters. The smallest absolute Gasteiger partial charge is 0.160 e. The fourth-order valence-electron chi connectivity index (χ4n) is 2.69. The number of nitrogen functional groups attached to an aromatic ring is 1. The molecule has 6 heteroatoms. The largest absolute Gasteiger partial charge is 0.393 e. The minimum atomic E-state index is 0.585. The molecule has 3 N–H and O–H groups in total. The number of hydrogen-bond donors (Lipinski definition) is 2. The van der Waals surface area contributed by atoms with E-state index in [2.05, 4.69) is 32.1 Å². The van der Waals surface area contributed by atoms with Crippen molar-refractivity contribution in [3.63, 3.8) is 0 Å². The zero-order valence-electron chi connectivity index (χ0n) is 13.1. The fourth-order valence-corrected chi connectivity index (χ4v) is 2.69. The third-order valence-electron chi connectivity index (χ3n) is 4.19. The minimum absolute atomic E-state index is 0.585. The highest BCUT2D eigenvalue weighted by atomic mass is 15.2. The van der Waals surface area contributed by atoms with Crippen LogP contribution in [0.25, 0.3) is 0 Å². The van der Waals surface area contributed by atoms with Gasteiger partial charge < -0.3 is 16.0 Å². The van der Waals surface area contributed by atoms with Crippen LogP contribution in [0.3, 0.4) is 0 Å². The lowest BCUT2D eigenvalue weighted by atomic mass is 9.99. The van der Waals surface area contributed by atoms with Crippen LogP contribution in [0.2, 0.25) is 0 Å². The molecule has 0 amide bonds. The van der Waals surface area contributed by atoms with Gasteiger partial charge in [-0.25, -0.2) is 15.0 Å². The molecule has 2 aromatic heterocycles. The van der Waals surface area contributed by atoms with E-state index in [0.717, 1.165) is 36.2 Å². The van der Waals surface area contributed by atoms with E-state index in [1.54, 1.807) is 12.5 Å². The van der Waals surface area contributed by atoms with E-state index in [4.69, 9.17) is 5.73 Å². The van der Waals surface area contributed by atoms with Crippen molar-refractivity contribution in [1.82, 2.24) is 15.0 Å². The van der Waals surface area contributed by atoms with Gasteiger partial charge in [0.25, 0.3) is 0 Å². The maximum Gasteiger partial charge on any atom is 0.160 e. The first-order chi connectivity index (χ1) is 10.6. The van der Waals surface area contributed by atoms with E-state index in [1.165, 1.54) is 12.8 Å². The van der Waals surface area contributed by atoms with Crippen molar-refractivity contribution in [3.05, 3.63) is 30.2 Å². The Bertz CT molecular complexity index is 649. The number of piperidine rings is 1. The van der Waals surface area contributed by atoms with Crippen molar-refractivity contribution in [2.24, 2.45) is 5.92 Å². The molecule has 1 aliphatic heterocycles. The highest BCUT2D eigenvalue weighted by Crippen LogP contribution is 2.31. The van der Waals surface area contributed by atoms with Crippen LogP contribution in [0.1, 0.15) is 25.3 Å². The van der Waals surface area contributed by atoms with Crippen molar-refractivity contribution >= 4 is 23.1 Å². The second kappa shape index (κ2) is 6.17. The molecule has 0 aromatic carbocycles. The maximum absolute atomic E-state index is 6.29. The topological polar surface area (TPSA) is 80.0 Å². The van der Waals surface area contributed by atoms with Gasteiger partial charge >= 0.3 is 0 Å². The van der Waals surface area contributed by atoms with E-state index in [1.807, 2.05) is 19.1 Å². The van der Waals surface area contributed by atoms with Gasteiger partial charge in [0.15, 0.2) is 11.6 Å². The Morgan fingerprint density at radius 1 is 1.18 bits per heavy atom. The Morgan fingerprint density at radius 2 is 1.95 bits per heavy atom. The van der Waals surface area contributed by atoms with Gasteiger partial charge in [-0.3, -0.25) is 0 Å². The zero-order chi connectivity index (χ0) is 15.5. The molecule has 3 rings (SSSR count). The van der Waals surface area contributed by atoms with Gasteiger partial charge in [-0.05, 0) is 37.3 Å². The average Bonchev–Trinajstić information content (AvgIpc) is 2.52. The van der Waals surface area contributed by atoms with Crippen LogP contribution in [-0.2, 0) is 0 Å². The van der Waals surface area contributed by atoms with Gasteiger partial charge in [-0.2, -0.15) is 0 Å². The van der Waals surface area contributed by atoms with Crippen molar-refractivity contribution in [2.45, 2.75) is 26.7 Å². The van der Waals surface area contributed by atoms with Crippen LogP contribution in [0.5, 0.6) is 0 Å². The first-order valence-corrected chi connectivity index (χ1v) is 7.69. The lowest BCUT2D eigenvalue weighted by Gasteiger charge is -2.32. The Labute approximate surface area is 130 Å². The van der Waals surface area contributed by atoms with Crippen LogP contribution in [-0.4, -0.2) is 28.0 Å². The highest BCUT2D eigenvalue weighted by Gasteiger charge is 2.20. The standard InChI is InChI=1S/C16H22N6/c1-11-5-8-22(9-6-11)16-13(17)15(19-10-20-16)21-14-12(2)4-3-7-18-14/h3-4,7,10-11H,5-6,8-9,17H2,1-2H3,(H,18,19,20,21). The Balaban J connectivity index is 1.84. The van der Waals surface area contributed by atoms with E-state index in [-0.39, 0.29) is 0 Å². The maximum atomic E-state index is 6.29. The molecular formula is C16H22N6. The lowest BCUT2D eigenvalue weighted by Crippen LogP contribution is -2.34. The van der Waals surface area contributed by atoms with Crippen molar-refractivity contribution in [2.75, 3.05) is 29.0 Å².